The molecular weight excluding hydrogens is 338 g/mol. The average molecular weight is 357 g/mol. The van der Waals surface area contributed by atoms with E-state index < -0.39 is 0 Å². The summed E-state index contributed by atoms with van der Waals surface area (Å²) in [6.07, 6.45) is 0.806. The summed E-state index contributed by atoms with van der Waals surface area (Å²) >= 11 is 0. The van der Waals surface area contributed by atoms with E-state index >= 15 is 0 Å². The first-order valence-corrected chi connectivity index (χ1v) is 8.81. The molecule has 4 aromatic rings. The summed E-state index contributed by atoms with van der Waals surface area (Å²) < 4.78 is 2.09. The molecule has 0 spiro atoms. The summed E-state index contributed by atoms with van der Waals surface area (Å²) in [7, 11) is 0. The summed E-state index contributed by atoms with van der Waals surface area (Å²) in [4.78, 5) is 17.1. The lowest BCUT2D eigenvalue weighted by Gasteiger charge is -2.10. The van der Waals surface area contributed by atoms with Gasteiger partial charge in [-0.2, -0.15) is 0 Å². The number of aromatic hydroxyl groups is 1. The van der Waals surface area contributed by atoms with Gasteiger partial charge in [0.2, 0.25) is 5.91 Å². The summed E-state index contributed by atoms with van der Waals surface area (Å²) in [6.45, 7) is 0. The Bertz CT molecular complexity index is 1090. The van der Waals surface area contributed by atoms with Gasteiger partial charge in [-0.05, 0) is 36.4 Å². The molecule has 5 heteroatoms. The number of para-hydroxylation sites is 3. The van der Waals surface area contributed by atoms with Gasteiger partial charge >= 0.3 is 0 Å². The van der Waals surface area contributed by atoms with E-state index in [0.717, 1.165) is 22.5 Å². The zero-order valence-electron chi connectivity index (χ0n) is 14.7. The molecule has 27 heavy (non-hydrogen) atoms. The Morgan fingerprint density at radius 1 is 0.963 bits per heavy atom. The maximum absolute atomic E-state index is 12.3. The Morgan fingerprint density at radius 2 is 1.74 bits per heavy atom. The van der Waals surface area contributed by atoms with Crippen LogP contribution in [0.25, 0.3) is 16.7 Å². The first-order valence-electron chi connectivity index (χ1n) is 8.81. The van der Waals surface area contributed by atoms with Gasteiger partial charge in [0.25, 0.3) is 0 Å². The molecule has 0 atom stereocenters. The minimum atomic E-state index is -0.118. The molecular formula is C22H19N3O2. The molecule has 0 fully saturated rings. The molecule has 1 amide bonds. The van der Waals surface area contributed by atoms with E-state index in [2.05, 4.69) is 9.88 Å². The number of imidazole rings is 1. The highest BCUT2D eigenvalue weighted by atomic mass is 16.3. The number of hydrogen-bond acceptors (Lipinski definition) is 3. The quantitative estimate of drug-likeness (QED) is 0.559. The SMILES string of the molecule is O=C(CCc1nc2ccccc2n1-c1ccccc1)Nc1cccc(O)c1. The van der Waals surface area contributed by atoms with Crippen LogP contribution in [-0.2, 0) is 11.2 Å². The smallest absolute Gasteiger partial charge is 0.224 e. The summed E-state index contributed by atoms with van der Waals surface area (Å²) in [6, 6.07) is 24.5. The number of carbonyl (C=O) groups is 1. The molecule has 0 aliphatic carbocycles. The molecule has 3 aromatic carbocycles. The van der Waals surface area contributed by atoms with Gasteiger partial charge in [-0.1, -0.05) is 36.4 Å². The highest BCUT2D eigenvalue weighted by Gasteiger charge is 2.13. The third kappa shape index (κ3) is 3.67. The molecule has 1 aromatic heterocycles. The van der Waals surface area contributed by atoms with Crippen LogP contribution in [0.15, 0.2) is 78.9 Å². The molecule has 0 aliphatic heterocycles. The van der Waals surface area contributed by atoms with Crippen molar-refractivity contribution < 1.29 is 9.90 Å². The van der Waals surface area contributed by atoms with E-state index in [0.29, 0.717) is 18.5 Å². The zero-order chi connectivity index (χ0) is 18.6. The molecule has 0 bridgehead atoms. The van der Waals surface area contributed by atoms with Crippen molar-refractivity contribution in [1.29, 1.82) is 0 Å². The first-order chi connectivity index (χ1) is 13.2. The Hall–Kier alpha value is -3.60. The third-order valence-corrected chi connectivity index (χ3v) is 4.35. The van der Waals surface area contributed by atoms with E-state index in [9.17, 15) is 9.90 Å². The second-order valence-corrected chi connectivity index (χ2v) is 6.29. The molecule has 0 saturated heterocycles. The summed E-state index contributed by atoms with van der Waals surface area (Å²) in [5, 5.41) is 12.3. The van der Waals surface area contributed by atoms with Crippen LogP contribution in [-0.4, -0.2) is 20.6 Å². The molecule has 0 unspecified atom stereocenters. The van der Waals surface area contributed by atoms with E-state index in [-0.39, 0.29) is 11.7 Å². The highest BCUT2D eigenvalue weighted by molar-refractivity contribution is 5.91. The number of fused-ring (bicyclic) bond motifs is 1. The number of benzene rings is 3. The minimum absolute atomic E-state index is 0.118. The van der Waals surface area contributed by atoms with Crippen LogP contribution in [0.1, 0.15) is 12.2 Å². The van der Waals surface area contributed by atoms with Gasteiger partial charge < -0.3 is 10.4 Å². The van der Waals surface area contributed by atoms with Gasteiger partial charge in [-0.25, -0.2) is 4.98 Å². The number of carbonyl (C=O) groups excluding carboxylic acids is 1. The number of aromatic nitrogens is 2. The van der Waals surface area contributed by atoms with Crippen molar-refractivity contribution in [3.8, 4) is 11.4 Å². The number of anilines is 1. The minimum Gasteiger partial charge on any atom is -0.508 e. The van der Waals surface area contributed by atoms with Crippen molar-refractivity contribution in [2.45, 2.75) is 12.8 Å². The van der Waals surface area contributed by atoms with Gasteiger partial charge in [0.1, 0.15) is 11.6 Å². The van der Waals surface area contributed by atoms with Gasteiger partial charge in [0.15, 0.2) is 0 Å². The van der Waals surface area contributed by atoms with E-state index in [1.165, 1.54) is 6.07 Å². The normalized spacial score (nSPS) is 10.8. The molecule has 5 nitrogen and oxygen atoms in total. The van der Waals surface area contributed by atoms with Crippen molar-refractivity contribution >= 4 is 22.6 Å². The Morgan fingerprint density at radius 3 is 2.56 bits per heavy atom. The van der Waals surface area contributed by atoms with Crippen LogP contribution in [0.5, 0.6) is 5.75 Å². The van der Waals surface area contributed by atoms with Crippen LogP contribution >= 0.6 is 0 Å². The maximum Gasteiger partial charge on any atom is 0.224 e. The molecule has 2 N–H and O–H groups in total. The topological polar surface area (TPSA) is 67.2 Å². The third-order valence-electron chi connectivity index (χ3n) is 4.35. The van der Waals surface area contributed by atoms with Crippen LogP contribution < -0.4 is 5.32 Å². The lowest BCUT2D eigenvalue weighted by molar-refractivity contribution is -0.116. The lowest BCUT2D eigenvalue weighted by atomic mass is 10.2. The standard InChI is InChI=1S/C22H19N3O2/c26-18-10-6-7-16(15-18)23-22(27)14-13-21-24-19-11-4-5-12-20(19)25(21)17-8-2-1-3-9-17/h1-12,15,26H,13-14H2,(H,23,27). The van der Waals surface area contributed by atoms with Gasteiger partial charge in [0.05, 0.1) is 11.0 Å². The van der Waals surface area contributed by atoms with Crippen LogP contribution in [0.3, 0.4) is 0 Å². The number of nitrogens with one attached hydrogen (secondary N) is 1. The number of hydrogen-bond donors (Lipinski definition) is 2. The van der Waals surface area contributed by atoms with Gasteiger partial charge in [-0.15, -0.1) is 0 Å². The Balaban J connectivity index is 1.58. The monoisotopic (exact) mass is 357 g/mol. The fraction of sp³-hybridized carbons (Fsp3) is 0.0909. The zero-order valence-corrected chi connectivity index (χ0v) is 14.7. The average Bonchev–Trinajstić information content (AvgIpc) is 3.05. The number of aryl methyl sites for hydroxylation is 1. The van der Waals surface area contributed by atoms with E-state index in [1.54, 1.807) is 18.2 Å². The molecule has 0 radical (unpaired) electrons. The predicted molar refractivity (Wildman–Crippen MR) is 106 cm³/mol. The van der Waals surface area contributed by atoms with Crippen molar-refractivity contribution in [1.82, 2.24) is 9.55 Å². The molecule has 0 saturated carbocycles. The maximum atomic E-state index is 12.3. The summed E-state index contributed by atoms with van der Waals surface area (Å²) in [5.74, 6) is 0.847. The lowest BCUT2D eigenvalue weighted by Crippen LogP contribution is -2.13. The Kier molecular flexibility index (Phi) is 4.58. The van der Waals surface area contributed by atoms with Gasteiger partial charge in [0, 0.05) is 30.3 Å². The van der Waals surface area contributed by atoms with Crippen LogP contribution in [0.2, 0.25) is 0 Å². The number of amides is 1. The van der Waals surface area contributed by atoms with E-state index in [1.807, 2.05) is 54.6 Å². The molecule has 4 rings (SSSR count). The number of phenolic OH excluding ortho intramolecular Hbond substituents is 1. The van der Waals surface area contributed by atoms with Crippen LogP contribution in [0.4, 0.5) is 5.69 Å². The second-order valence-electron chi connectivity index (χ2n) is 6.29. The summed E-state index contributed by atoms with van der Waals surface area (Å²) in [5.41, 5.74) is 3.53. The number of phenols is 1. The predicted octanol–water partition coefficient (Wildman–Crippen LogP) is 4.30. The van der Waals surface area contributed by atoms with Crippen LogP contribution in [0, 0.1) is 0 Å². The highest BCUT2D eigenvalue weighted by Crippen LogP contribution is 2.22. The fourth-order valence-electron chi connectivity index (χ4n) is 3.14. The molecule has 134 valence electrons. The van der Waals surface area contributed by atoms with Crippen molar-refractivity contribution in [3.05, 3.63) is 84.7 Å². The van der Waals surface area contributed by atoms with E-state index in [4.69, 9.17) is 4.98 Å². The molecule has 1 heterocycles. The largest absolute Gasteiger partial charge is 0.508 e. The fourth-order valence-corrected chi connectivity index (χ4v) is 3.14. The van der Waals surface area contributed by atoms with Crippen molar-refractivity contribution in [2.75, 3.05) is 5.32 Å². The number of rotatable bonds is 5. The van der Waals surface area contributed by atoms with Crippen molar-refractivity contribution in [2.24, 2.45) is 0 Å². The Labute approximate surface area is 156 Å². The van der Waals surface area contributed by atoms with Gasteiger partial charge in [-0.3, -0.25) is 9.36 Å². The first kappa shape index (κ1) is 16.8. The molecule has 0 aliphatic rings. The second kappa shape index (κ2) is 7.33. The van der Waals surface area contributed by atoms with Crippen molar-refractivity contribution in [3.63, 3.8) is 0 Å². The number of nitrogens with zero attached hydrogens (tertiary/aromatic N) is 2.